The molecule has 0 bridgehead atoms. The van der Waals surface area contributed by atoms with Crippen molar-refractivity contribution < 1.29 is 0 Å². The molecule has 0 aliphatic carbocycles. The van der Waals surface area contributed by atoms with Crippen LogP contribution in [0.25, 0.3) is 0 Å². The maximum Gasteiger partial charge on any atom is 0.0366 e. The van der Waals surface area contributed by atoms with Crippen molar-refractivity contribution in [3.8, 4) is 0 Å². The lowest BCUT2D eigenvalue weighted by Gasteiger charge is -2.41. The first kappa shape index (κ1) is 10.7. The van der Waals surface area contributed by atoms with Crippen LogP contribution < -0.4 is 0 Å². The molecule has 2 atom stereocenters. The van der Waals surface area contributed by atoms with E-state index >= 15 is 0 Å². The van der Waals surface area contributed by atoms with Gasteiger partial charge < -0.3 is 4.98 Å². The number of rotatable bonds is 3. The number of H-pyrrole nitrogens is 1. The molecule has 0 fully saturated rings. The van der Waals surface area contributed by atoms with Crippen LogP contribution in [-0.4, -0.2) is 22.5 Å². The van der Waals surface area contributed by atoms with Gasteiger partial charge in [0, 0.05) is 30.4 Å². The fourth-order valence-electron chi connectivity index (χ4n) is 3.00. The highest BCUT2D eigenvalue weighted by Crippen LogP contribution is 2.35. The van der Waals surface area contributed by atoms with Gasteiger partial charge in [-0.3, -0.25) is 4.90 Å². The molecule has 2 rings (SSSR count). The predicted octanol–water partition coefficient (Wildman–Crippen LogP) is 3.12. The molecule has 1 aromatic heterocycles. The van der Waals surface area contributed by atoms with Gasteiger partial charge in [-0.15, -0.1) is 0 Å². The normalized spacial score (nSPS) is 26.6. The van der Waals surface area contributed by atoms with Gasteiger partial charge in [-0.05, 0) is 31.0 Å². The third-order valence-electron chi connectivity index (χ3n) is 3.76. The third kappa shape index (κ3) is 1.71. The van der Waals surface area contributed by atoms with Crippen molar-refractivity contribution >= 4 is 0 Å². The minimum absolute atomic E-state index is 0.634. The summed E-state index contributed by atoms with van der Waals surface area (Å²) < 4.78 is 0. The van der Waals surface area contributed by atoms with Gasteiger partial charge in [-0.2, -0.15) is 0 Å². The van der Waals surface area contributed by atoms with Gasteiger partial charge in [0.05, 0.1) is 0 Å². The second-order valence-corrected chi connectivity index (χ2v) is 4.43. The van der Waals surface area contributed by atoms with Gasteiger partial charge >= 0.3 is 0 Å². The monoisotopic (exact) mass is 206 g/mol. The summed E-state index contributed by atoms with van der Waals surface area (Å²) in [6, 6.07) is 3.62. The standard InChI is InChI=1S/C13H22N2/c1-4-10-9-12-11(7-8-14-12)13(5-2)15(10)6-3/h7-8,10,13-14H,4-6,9H2,1-3H3/t10-,13-/m1/s1. The maximum atomic E-state index is 3.40. The molecule has 1 N–H and O–H groups in total. The molecule has 0 saturated carbocycles. The molecule has 1 aromatic rings. The zero-order valence-electron chi connectivity index (χ0n) is 10.1. The van der Waals surface area contributed by atoms with E-state index in [-0.39, 0.29) is 0 Å². The van der Waals surface area contributed by atoms with E-state index in [9.17, 15) is 0 Å². The summed E-state index contributed by atoms with van der Waals surface area (Å²) in [4.78, 5) is 6.07. The highest BCUT2D eigenvalue weighted by atomic mass is 15.2. The van der Waals surface area contributed by atoms with Gasteiger partial charge in [0.25, 0.3) is 0 Å². The first-order chi connectivity index (χ1) is 7.31. The van der Waals surface area contributed by atoms with E-state index in [1.807, 2.05) is 0 Å². The van der Waals surface area contributed by atoms with Gasteiger partial charge in [-0.25, -0.2) is 0 Å². The summed E-state index contributed by atoms with van der Waals surface area (Å²) in [5.74, 6) is 0. The Balaban J connectivity index is 2.33. The van der Waals surface area contributed by atoms with Gasteiger partial charge in [0.2, 0.25) is 0 Å². The summed E-state index contributed by atoms with van der Waals surface area (Å²) in [5, 5.41) is 0. The Bertz CT molecular complexity index is 316. The van der Waals surface area contributed by atoms with Crippen LogP contribution in [0.2, 0.25) is 0 Å². The van der Waals surface area contributed by atoms with Gasteiger partial charge in [-0.1, -0.05) is 20.8 Å². The van der Waals surface area contributed by atoms with Crippen molar-refractivity contribution in [2.45, 2.75) is 52.1 Å². The molecular formula is C13H22N2. The van der Waals surface area contributed by atoms with E-state index < -0.39 is 0 Å². The number of fused-ring (bicyclic) bond motifs is 1. The molecule has 0 amide bonds. The van der Waals surface area contributed by atoms with E-state index in [2.05, 4.69) is 42.9 Å². The first-order valence-electron chi connectivity index (χ1n) is 6.23. The van der Waals surface area contributed by atoms with E-state index in [1.54, 1.807) is 0 Å². The van der Waals surface area contributed by atoms with E-state index in [0.717, 1.165) is 6.04 Å². The lowest BCUT2D eigenvalue weighted by atomic mass is 9.91. The molecule has 2 nitrogen and oxygen atoms in total. The Morgan fingerprint density at radius 3 is 2.73 bits per heavy atom. The summed E-state index contributed by atoms with van der Waals surface area (Å²) in [6.07, 6.45) is 5.76. The molecule has 0 unspecified atom stereocenters. The fraction of sp³-hybridized carbons (Fsp3) is 0.692. The predicted molar refractivity (Wildman–Crippen MR) is 64.0 cm³/mol. The second-order valence-electron chi connectivity index (χ2n) is 4.43. The molecular weight excluding hydrogens is 184 g/mol. The Morgan fingerprint density at radius 1 is 1.33 bits per heavy atom. The number of aromatic nitrogens is 1. The molecule has 0 radical (unpaired) electrons. The highest BCUT2D eigenvalue weighted by molar-refractivity contribution is 5.28. The van der Waals surface area contributed by atoms with Crippen LogP contribution in [0.3, 0.4) is 0 Å². The van der Waals surface area contributed by atoms with Crippen molar-refractivity contribution in [1.82, 2.24) is 9.88 Å². The minimum atomic E-state index is 0.634. The van der Waals surface area contributed by atoms with Crippen molar-refractivity contribution in [2.75, 3.05) is 6.54 Å². The van der Waals surface area contributed by atoms with Crippen molar-refractivity contribution in [3.63, 3.8) is 0 Å². The van der Waals surface area contributed by atoms with Crippen molar-refractivity contribution in [2.24, 2.45) is 0 Å². The molecule has 1 aliphatic heterocycles. The summed E-state index contributed by atoms with van der Waals surface area (Å²) >= 11 is 0. The number of nitrogens with zero attached hydrogens (tertiary/aromatic N) is 1. The smallest absolute Gasteiger partial charge is 0.0366 e. The Labute approximate surface area is 92.7 Å². The molecule has 1 aliphatic rings. The SMILES string of the molecule is CC[C@@H]1Cc2[nH]ccc2[C@@H](CC)N1CC. The Morgan fingerprint density at radius 2 is 2.13 bits per heavy atom. The number of hydrogen-bond donors (Lipinski definition) is 1. The lowest BCUT2D eigenvalue weighted by Crippen LogP contribution is -2.42. The van der Waals surface area contributed by atoms with Crippen LogP contribution in [0.5, 0.6) is 0 Å². The Hall–Kier alpha value is -0.760. The lowest BCUT2D eigenvalue weighted by molar-refractivity contribution is 0.117. The molecule has 84 valence electrons. The number of aromatic amines is 1. The number of likely N-dealkylation sites (N-methyl/N-ethyl adjacent to an activating group) is 1. The molecule has 0 aromatic carbocycles. The van der Waals surface area contributed by atoms with E-state index in [4.69, 9.17) is 0 Å². The zero-order valence-corrected chi connectivity index (χ0v) is 10.1. The van der Waals surface area contributed by atoms with Gasteiger partial charge in [0.1, 0.15) is 0 Å². The number of hydrogen-bond acceptors (Lipinski definition) is 1. The van der Waals surface area contributed by atoms with Crippen LogP contribution >= 0.6 is 0 Å². The minimum Gasteiger partial charge on any atom is -0.365 e. The molecule has 0 saturated heterocycles. The third-order valence-corrected chi connectivity index (χ3v) is 3.76. The largest absolute Gasteiger partial charge is 0.365 e. The summed E-state index contributed by atoms with van der Waals surface area (Å²) in [6.45, 7) is 8.04. The average molecular weight is 206 g/mol. The van der Waals surface area contributed by atoms with Crippen LogP contribution in [0.15, 0.2) is 12.3 Å². The van der Waals surface area contributed by atoms with Crippen molar-refractivity contribution in [1.29, 1.82) is 0 Å². The van der Waals surface area contributed by atoms with Crippen LogP contribution in [-0.2, 0) is 6.42 Å². The zero-order chi connectivity index (χ0) is 10.8. The molecule has 2 heteroatoms. The molecule has 2 heterocycles. The first-order valence-corrected chi connectivity index (χ1v) is 6.23. The fourth-order valence-corrected chi connectivity index (χ4v) is 3.00. The summed E-state index contributed by atoms with van der Waals surface area (Å²) in [7, 11) is 0. The van der Waals surface area contributed by atoms with E-state index in [1.165, 1.54) is 37.1 Å². The van der Waals surface area contributed by atoms with Crippen LogP contribution in [0.1, 0.15) is 50.9 Å². The summed E-state index contributed by atoms with van der Waals surface area (Å²) in [5.41, 5.74) is 3.00. The van der Waals surface area contributed by atoms with Crippen LogP contribution in [0.4, 0.5) is 0 Å². The van der Waals surface area contributed by atoms with Gasteiger partial charge in [0.15, 0.2) is 0 Å². The maximum absolute atomic E-state index is 3.40. The van der Waals surface area contributed by atoms with Crippen molar-refractivity contribution in [3.05, 3.63) is 23.5 Å². The quantitative estimate of drug-likeness (QED) is 0.805. The molecule has 15 heavy (non-hydrogen) atoms. The topological polar surface area (TPSA) is 19.0 Å². The Kier molecular flexibility index (Phi) is 3.15. The second kappa shape index (κ2) is 4.40. The number of nitrogens with one attached hydrogen (secondary N) is 1. The molecule has 0 spiro atoms. The van der Waals surface area contributed by atoms with E-state index in [0.29, 0.717) is 6.04 Å². The van der Waals surface area contributed by atoms with Crippen LogP contribution in [0, 0.1) is 0 Å². The average Bonchev–Trinajstić information content (AvgIpc) is 2.73. The highest BCUT2D eigenvalue weighted by Gasteiger charge is 2.31.